The maximum Gasteiger partial charge on any atom is 0.309 e. The zero-order valence-electron chi connectivity index (χ0n) is 13.1. The van der Waals surface area contributed by atoms with E-state index >= 15 is 0 Å². The summed E-state index contributed by atoms with van der Waals surface area (Å²) in [4.78, 5) is 23.4. The Morgan fingerprint density at radius 1 is 1.13 bits per heavy atom. The fourth-order valence-electron chi connectivity index (χ4n) is 2.53. The van der Waals surface area contributed by atoms with Crippen molar-refractivity contribution < 1.29 is 19.1 Å². The second-order valence-corrected chi connectivity index (χ2v) is 6.03. The van der Waals surface area contributed by atoms with Crippen LogP contribution in [0, 0.1) is 5.92 Å². The smallest absolute Gasteiger partial charge is 0.309 e. The lowest BCUT2D eigenvalue weighted by Crippen LogP contribution is -2.33. The van der Waals surface area contributed by atoms with Crippen LogP contribution in [0.1, 0.15) is 32.1 Å². The average molecular weight is 340 g/mol. The zero-order chi connectivity index (χ0) is 16.5. The number of halogens is 1. The largest absolute Gasteiger partial charge is 0.492 e. The number of carbonyl (C=O) groups is 2. The first-order chi connectivity index (χ1) is 11.1. The Bertz CT molecular complexity index is 512. The predicted octanol–water partition coefficient (Wildman–Crippen LogP) is 2.96. The number of benzene rings is 1. The Morgan fingerprint density at radius 3 is 2.52 bits per heavy atom. The van der Waals surface area contributed by atoms with Crippen molar-refractivity contribution in [3.63, 3.8) is 0 Å². The summed E-state index contributed by atoms with van der Waals surface area (Å²) in [5.41, 5.74) is 0. The molecule has 1 N–H and O–H groups in total. The topological polar surface area (TPSA) is 64.6 Å². The van der Waals surface area contributed by atoms with Gasteiger partial charge in [0, 0.05) is 5.02 Å². The molecule has 0 unspecified atom stereocenters. The summed E-state index contributed by atoms with van der Waals surface area (Å²) in [6, 6.07) is 6.99. The van der Waals surface area contributed by atoms with Crippen molar-refractivity contribution in [3.8, 4) is 5.75 Å². The molecule has 1 aliphatic rings. The molecule has 0 atom stereocenters. The van der Waals surface area contributed by atoms with Crippen molar-refractivity contribution in [1.29, 1.82) is 0 Å². The molecule has 1 amide bonds. The average Bonchev–Trinajstić information content (AvgIpc) is 2.59. The molecule has 0 bridgehead atoms. The predicted molar refractivity (Wildman–Crippen MR) is 87.5 cm³/mol. The van der Waals surface area contributed by atoms with Crippen LogP contribution in [0.3, 0.4) is 0 Å². The van der Waals surface area contributed by atoms with Crippen LogP contribution in [-0.4, -0.2) is 31.6 Å². The second-order valence-electron chi connectivity index (χ2n) is 5.59. The fourth-order valence-corrected chi connectivity index (χ4v) is 2.66. The number of rotatable bonds is 7. The van der Waals surface area contributed by atoms with E-state index in [0.29, 0.717) is 23.9 Å². The van der Waals surface area contributed by atoms with Gasteiger partial charge in [-0.3, -0.25) is 9.59 Å². The van der Waals surface area contributed by atoms with Crippen LogP contribution >= 0.6 is 11.6 Å². The van der Waals surface area contributed by atoms with Gasteiger partial charge in [0.15, 0.2) is 6.61 Å². The van der Waals surface area contributed by atoms with Gasteiger partial charge >= 0.3 is 5.97 Å². The summed E-state index contributed by atoms with van der Waals surface area (Å²) in [6.45, 7) is 0.461. The van der Waals surface area contributed by atoms with E-state index in [1.165, 1.54) is 6.42 Å². The van der Waals surface area contributed by atoms with Crippen LogP contribution in [0.25, 0.3) is 0 Å². The third-order valence-corrected chi connectivity index (χ3v) is 4.04. The summed E-state index contributed by atoms with van der Waals surface area (Å²) in [5, 5.41) is 3.30. The summed E-state index contributed by atoms with van der Waals surface area (Å²) in [6.07, 6.45) is 5.05. The van der Waals surface area contributed by atoms with Crippen LogP contribution in [-0.2, 0) is 14.3 Å². The van der Waals surface area contributed by atoms with E-state index in [0.717, 1.165) is 25.7 Å². The third-order valence-electron chi connectivity index (χ3n) is 3.79. The van der Waals surface area contributed by atoms with Gasteiger partial charge in [-0.15, -0.1) is 0 Å². The number of hydrogen-bond acceptors (Lipinski definition) is 4. The van der Waals surface area contributed by atoms with Crippen molar-refractivity contribution >= 4 is 23.5 Å². The van der Waals surface area contributed by atoms with Gasteiger partial charge in [-0.2, -0.15) is 0 Å². The highest BCUT2D eigenvalue weighted by Gasteiger charge is 2.22. The van der Waals surface area contributed by atoms with E-state index in [1.54, 1.807) is 24.3 Å². The first-order valence-corrected chi connectivity index (χ1v) is 8.34. The molecule has 1 aromatic rings. The van der Waals surface area contributed by atoms with Gasteiger partial charge < -0.3 is 14.8 Å². The lowest BCUT2D eigenvalue weighted by Gasteiger charge is -2.19. The van der Waals surface area contributed by atoms with Gasteiger partial charge in [0.25, 0.3) is 5.91 Å². The molecule has 1 aliphatic carbocycles. The number of hydrogen-bond donors (Lipinski definition) is 1. The third kappa shape index (κ3) is 6.48. The van der Waals surface area contributed by atoms with Crippen LogP contribution < -0.4 is 10.1 Å². The van der Waals surface area contributed by atoms with E-state index in [4.69, 9.17) is 21.1 Å². The Hall–Kier alpha value is -1.75. The lowest BCUT2D eigenvalue weighted by atomic mass is 9.89. The molecular formula is C17H22ClNO4. The Labute approximate surface area is 141 Å². The lowest BCUT2D eigenvalue weighted by molar-refractivity contribution is -0.153. The highest BCUT2D eigenvalue weighted by molar-refractivity contribution is 6.30. The second kappa shape index (κ2) is 9.40. The highest BCUT2D eigenvalue weighted by Crippen LogP contribution is 2.24. The number of nitrogens with one attached hydrogen (secondary N) is 1. The molecule has 1 saturated carbocycles. The van der Waals surface area contributed by atoms with Crippen molar-refractivity contribution in [2.45, 2.75) is 32.1 Å². The standard InChI is InChI=1S/C17H22ClNO4/c18-14-6-8-15(9-7-14)22-11-10-19-16(20)12-23-17(21)13-4-2-1-3-5-13/h6-9,13H,1-5,10-12H2,(H,19,20). The van der Waals surface area contributed by atoms with E-state index in [2.05, 4.69) is 5.32 Å². The van der Waals surface area contributed by atoms with Crippen molar-refractivity contribution in [2.24, 2.45) is 5.92 Å². The van der Waals surface area contributed by atoms with Gasteiger partial charge in [-0.1, -0.05) is 30.9 Å². The molecule has 0 radical (unpaired) electrons. The van der Waals surface area contributed by atoms with Crippen molar-refractivity contribution in [2.75, 3.05) is 19.8 Å². The number of ether oxygens (including phenoxy) is 2. The Balaban J connectivity index is 1.56. The highest BCUT2D eigenvalue weighted by atomic mass is 35.5. The maximum absolute atomic E-state index is 11.8. The molecule has 0 aliphatic heterocycles. The maximum atomic E-state index is 11.8. The molecule has 0 heterocycles. The zero-order valence-corrected chi connectivity index (χ0v) is 13.8. The fraction of sp³-hybridized carbons (Fsp3) is 0.529. The first kappa shape index (κ1) is 17.6. The van der Waals surface area contributed by atoms with Gasteiger partial charge in [-0.25, -0.2) is 0 Å². The quantitative estimate of drug-likeness (QED) is 0.612. The molecule has 0 aromatic heterocycles. The minimum absolute atomic E-state index is 0.0372. The number of amides is 1. The van der Waals surface area contributed by atoms with Crippen LogP contribution in [0.2, 0.25) is 5.02 Å². The minimum Gasteiger partial charge on any atom is -0.492 e. The van der Waals surface area contributed by atoms with Crippen molar-refractivity contribution in [3.05, 3.63) is 29.3 Å². The molecule has 0 spiro atoms. The van der Waals surface area contributed by atoms with Gasteiger partial charge in [0.2, 0.25) is 0 Å². The van der Waals surface area contributed by atoms with E-state index in [1.807, 2.05) is 0 Å². The molecule has 23 heavy (non-hydrogen) atoms. The summed E-state index contributed by atoms with van der Waals surface area (Å²) >= 11 is 5.78. The van der Waals surface area contributed by atoms with E-state index in [9.17, 15) is 9.59 Å². The molecule has 1 fully saturated rings. The van der Waals surface area contributed by atoms with Gasteiger partial charge in [-0.05, 0) is 37.1 Å². The van der Waals surface area contributed by atoms with E-state index < -0.39 is 0 Å². The Kier molecular flexibility index (Phi) is 7.20. The number of carbonyl (C=O) groups excluding carboxylic acids is 2. The first-order valence-electron chi connectivity index (χ1n) is 7.97. The summed E-state index contributed by atoms with van der Waals surface area (Å²) in [7, 11) is 0. The van der Waals surface area contributed by atoms with Crippen LogP contribution in [0.15, 0.2) is 24.3 Å². The van der Waals surface area contributed by atoms with E-state index in [-0.39, 0.29) is 24.4 Å². The minimum atomic E-state index is -0.311. The monoisotopic (exact) mass is 339 g/mol. The molecule has 126 valence electrons. The molecular weight excluding hydrogens is 318 g/mol. The summed E-state index contributed by atoms with van der Waals surface area (Å²) in [5.74, 6) is 0.0864. The normalized spacial score (nSPS) is 15.0. The molecule has 5 nitrogen and oxygen atoms in total. The van der Waals surface area contributed by atoms with Gasteiger partial charge in [0.1, 0.15) is 12.4 Å². The molecule has 2 rings (SSSR count). The van der Waals surface area contributed by atoms with Crippen molar-refractivity contribution in [1.82, 2.24) is 5.32 Å². The molecule has 1 aromatic carbocycles. The number of esters is 1. The van der Waals surface area contributed by atoms with Crippen LogP contribution in [0.4, 0.5) is 0 Å². The van der Waals surface area contributed by atoms with Crippen LogP contribution in [0.5, 0.6) is 5.75 Å². The SMILES string of the molecule is O=C(COC(=O)C1CCCCC1)NCCOc1ccc(Cl)cc1. The summed E-state index contributed by atoms with van der Waals surface area (Å²) < 4.78 is 10.5. The molecule has 6 heteroatoms. The Morgan fingerprint density at radius 2 is 1.83 bits per heavy atom. The van der Waals surface area contributed by atoms with Gasteiger partial charge in [0.05, 0.1) is 12.5 Å². The molecule has 0 saturated heterocycles.